The first-order chi connectivity index (χ1) is 5.34. The Hall–Kier alpha value is -1.02. The molecule has 0 unspecified atom stereocenters. The van der Waals surface area contributed by atoms with Gasteiger partial charge in [-0.1, -0.05) is 6.08 Å². The van der Waals surface area contributed by atoms with Gasteiger partial charge >= 0.3 is 0 Å². The van der Waals surface area contributed by atoms with Crippen molar-refractivity contribution in [3.8, 4) is 0 Å². The maximum Gasteiger partial charge on any atom is 0.105 e. The molecule has 0 saturated heterocycles. The summed E-state index contributed by atoms with van der Waals surface area (Å²) in [6, 6.07) is 1.98. The van der Waals surface area contributed by atoms with Crippen LogP contribution in [-0.2, 0) is 6.54 Å². The molecule has 0 saturated carbocycles. The summed E-state index contributed by atoms with van der Waals surface area (Å²) in [7, 11) is 0. The Morgan fingerprint density at radius 2 is 2.55 bits per heavy atom. The summed E-state index contributed by atoms with van der Waals surface area (Å²) in [5.41, 5.74) is 1.21. The topological polar surface area (TPSA) is 25.2 Å². The number of hydrogen-bond donors (Lipinski definition) is 1. The lowest BCUT2D eigenvalue weighted by Crippen LogP contribution is -2.12. The minimum Gasteiger partial charge on any atom is -0.469 e. The third-order valence-electron chi connectivity index (χ3n) is 1.57. The van der Waals surface area contributed by atoms with Crippen molar-refractivity contribution in [3.63, 3.8) is 0 Å². The van der Waals surface area contributed by atoms with Crippen LogP contribution < -0.4 is 5.32 Å². The van der Waals surface area contributed by atoms with Crippen LogP contribution in [0.25, 0.3) is 0 Å². The van der Waals surface area contributed by atoms with E-state index in [9.17, 15) is 0 Å². The zero-order chi connectivity index (χ0) is 8.10. The highest BCUT2D eigenvalue weighted by Gasteiger charge is 1.97. The Morgan fingerprint density at radius 1 is 1.73 bits per heavy atom. The zero-order valence-corrected chi connectivity index (χ0v) is 6.76. The van der Waals surface area contributed by atoms with Crippen LogP contribution in [0.4, 0.5) is 0 Å². The van der Waals surface area contributed by atoms with E-state index >= 15 is 0 Å². The van der Waals surface area contributed by atoms with Crippen LogP contribution in [0.5, 0.6) is 0 Å². The van der Waals surface area contributed by atoms with Crippen LogP contribution in [0.15, 0.2) is 29.4 Å². The van der Waals surface area contributed by atoms with Gasteiger partial charge in [-0.15, -0.1) is 6.58 Å². The molecule has 11 heavy (non-hydrogen) atoms. The standard InChI is InChI=1S/C9H13NO/c1-3-5-10-7-9-4-6-11-8(9)2/h3-4,6,10H,1,5,7H2,2H3. The number of rotatable bonds is 4. The molecule has 60 valence electrons. The SMILES string of the molecule is C=CCNCc1ccoc1C. The maximum absolute atomic E-state index is 5.13. The van der Waals surface area contributed by atoms with Gasteiger partial charge in [-0.3, -0.25) is 0 Å². The van der Waals surface area contributed by atoms with E-state index in [4.69, 9.17) is 4.42 Å². The van der Waals surface area contributed by atoms with Crippen LogP contribution in [0, 0.1) is 6.92 Å². The average Bonchev–Trinajstić information content (AvgIpc) is 2.37. The van der Waals surface area contributed by atoms with Gasteiger partial charge in [-0.05, 0) is 13.0 Å². The van der Waals surface area contributed by atoms with Crippen LogP contribution in [0.2, 0.25) is 0 Å². The van der Waals surface area contributed by atoms with Crippen molar-refractivity contribution in [1.29, 1.82) is 0 Å². The summed E-state index contributed by atoms with van der Waals surface area (Å²) >= 11 is 0. The highest BCUT2D eigenvalue weighted by molar-refractivity contribution is 5.14. The molecular formula is C9H13NO. The maximum atomic E-state index is 5.13. The molecule has 2 nitrogen and oxygen atoms in total. The Labute approximate surface area is 66.9 Å². The fraction of sp³-hybridized carbons (Fsp3) is 0.333. The zero-order valence-electron chi connectivity index (χ0n) is 6.76. The van der Waals surface area contributed by atoms with E-state index in [-0.39, 0.29) is 0 Å². The van der Waals surface area contributed by atoms with E-state index in [0.717, 1.165) is 18.8 Å². The molecule has 1 heterocycles. The fourth-order valence-corrected chi connectivity index (χ4v) is 0.904. The highest BCUT2D eigenvalue weighted by atomic mass is 16.3. The average molecular weight is 151 g/mol. The van der Waals surface area contributed by atoms with Gasteiger partial charge in [0.2, 0.25) is 0 Å². The minimum atomic E-state index is 0.838. The van der Waals surface area contributed by atoms with Crippen molar-refractivity contribution < 1.29 is 4.42 Å². The van der Waals surface area contributed by atoms with Gasteiger partial charge in [0, 0.05) is 18.7 Å². The molecule has 1 rings (SSSR count). The van der Waals surface area contributed by atoms with E-state index in [2.05, 4.69) is 11.9 Å². The van der Waals surface area contributed by atoms with Crippen LogP contribution in [0.3, 0.4) is 0 Å². The first-order valence-electron chi connectivity index (χ1n) is 3.69. The third-order valence-corrected chi connectivity index (χ3v) is 1.57. The molecule has 0 radical (unpaired) electrons. The minimum absolute atomic E-state index is 0.838. The second-order valence-electron chi connectivity index (χ2n) is 2.42. The van der Waals surface area contributed by atoms with Crippen molar-refractivity contribution in [2.45, 2.75) is 13.5 Å². The Kier molecular flexibility index (Phi) is 2.93. The second kappa shape index (κ2) is 3.98. The molecule has 0 amide bonds. The number of hydrogen-bond acceptors (Lipinski definition) is 2. The number of aryl methyl sites for hydroxylation is 1. The van der Waals surface area contributed by atoms with E-state index in [1.165, 1.54) is 5.56 Å². The van der Waals surface area contributed by atoms with Crippen LogP contribution in [-0.4, -0.2) is 6.54 Å². The summed E-state index contributed by atoms with van der Waals surface area (Å²) in [5, 5.41) is 3.20. The summed E-state index contributed by atoms with van der Waals surface area (Å²) in [6.45, 7) is 7.27. The molecule has 0 aliphatic rings. The van der Waals surface area contributed by atoms with Crippen molar-refractivity contribution in [1.82, 2.24) is 5.32 Å². The molecule has 1 aromatic heterocycles. The molecule has 0 fully saturated rings. The Morgan fingerprint density at radius 3 is 3.09 bits per heavy atom. The molecule has 1 aromatic rings. The predicted molar refractivity (Wildman–Crippen MR) is 45.3 cm³/mol. The van der Waals surface area contributed by atoms with Gasteiger partial charge in [-0.2, -0.15) is 0 Å². The summed E-state index contributed by atoms with van der Waals surface area (Å²) in [6.07, 6.45) is 3.55. The normalized spacial score (nSPS) is 9.91. The van der Waals surface area contributed by atoms with E-state index in [0.29, 0.717) is 0 Å². The predicted octanol–water partition coefficient (Wildman–Crippen LogP) is 1.86. The molecule has 0 bridgehead atoms. The first-order valence-corrected chi connectivity index (χ1v) is 3.69. The van der Waals surface area contributed by atoms with Gasteiger partial charge in [-0.25, -0.2) is 0 Å². The van der Waals surface area contributed by atoms with Crippen molar-refractivity contribution >= 4 is 0 Å². The van der Waals surface area contributed by atoms with Gasteiger partial charge < -0.3 is 9.73 Å². The number of nitrogens with one attached hydrogen (secondary N) is 1. The summed E-state index contributed by atoms with van der Waals surface area (Å²) in [4.78, 5) is 0. The second-order valence-corrected chi connectivity index (χ2v) is 2.42. The molecule has 0 spiro atoms. The van der Waals surface area contributed by atoms with E-state index < -0.39 is 0 Å². The third kappa shape index (κ3) is 2.24. The smallest absolute Gasteiger partial charge is 0.105 e. The Balaban J connectivity index is 2.38. The van der Waals surface area contributed by atoms with Crippen molar-refractivity contribution in [2.24, 2.45) is 0 Å². The van der Waals surface area contributed by atoms with Crippen LogP contribution in [0.1, 0.15) is 11.3 Å². The molecule has 0 aromatic carbocycles. The van der Waals surface area contributed by atoms with Gasteiger partial charge in [0.05, 0.1) is 6.26 Å². The van der Waals surface area contributed by atoms with Crippen molar-refractivity contribution in [2.75, 3.05) is 6.54 Å². The van der Waals surface area contributed by atoms with Crippen molar-refractivity contribution in [3.05, 3.63) is 36.3 Å². The largest absolute Gasteiger partial charge is 0.469 e. The van der Waals surface area contributed by atoms with Gasteiger partial charge in [0.15, 0.2) is 0 Å². The van der Waals surface area contributed by atoms with E-state index in [1.54, 1.807) is 6.26 Å². The molecule has 0 aliphatic heterocycles. The molecule has 1 N–H and O–H groups in total. The van der Waals surface area contributed by atoms with Gasteiger partial charge in [0.1, 0.15) is 5.76 Å². The summed E-state index contributed by atoms with van der Waals surface area (Å²) < 4.78 is 5.13. The number of furan rings is 1. The lowest BCUT2D eigenvalue weighted by atomic mass is 10.2. The van der Waals surface area contributed by atoms with E-state index in [1.807, 2.05) is 19.1 Å². The lowest BCUT2D eigenvalue weighted by Gasteiger charge is -1.98. The quantitative estimate of drug-likeness (QED) is 0.525. The Bertz CT molecular complexity index is 227. The highest BCUT2D eigenvalue weighted by Crippen LogP contribution is 2.07. The molecule has 0 aliphatic carbocycles. The lowest BCUT2D eigenvalue weighted by molar-refractivity contribution is 0.527. The monoisotopic (exact) mass is 151 g/mol. The molecule has 2 heteroatoms. The van der Waals surface area contributed by atoms with Crippen LogP contribution >= 0.6 is 0 Å². The van der Waals surface area contributed by atoms with Gasteiger partial charge in [0.25, 0.3) is 0 Å². The first kappa shape index (κ1) is 8.08. The molecular weight excluding hydrogens is 138 g/mol. The summed E-state index contributed by atoms with van der Waals surface area (Å²) in [5.74, 6) is 0.988. The fourth-order valence-electron chi connectivity index (χ4n) is 0.904. The molecule has 0 atom stereocenters.